The van der Waals surface area contributed by atoms with E-state index in [1.165, 1.54) is 0 Å². The highest BCUT2D eigenvalue weighted by Gasteiger charge is 2.27. The minimum absolute atomic E-state index is 0.216. The average Bonchev–Trinajstić information content (AvgIpc) is 1.88. The number of carboxylic acid groups (broad SMARTS) is 1. The van der Waals surface area contributed by atoms with Crippen LogP contribution in [0.1, 0.15) is 6.42 Å². The van der Waals surface area contributed by atoms with Crippen LogP contribution in [0.5, 0.6) is 0 Å². The topological polar surface area (TPSA) is 75.3 Å². The van der Waals surface area contributed by atoms with Gasteiger partial charge >= 0.3 is 5.97 Å². The maximum atomic E-state index is 10.5. The number of hydrogen-bond acceptors (Lipinski definition) is 3. The summed E-state index contributed by atoms with van der Waals surface area (Å²) in [6, 6.07) is -0.216. The normalized spacial score (nSPS) is 33.7. The van der Waals surface area contributed by atoms with Crippen LogP contribution in [0.4, 0.5) is 0 Å². The summed E-state index contributed by atoms with van der Waals surface area (Å²) >= 11 is 0. The molecule has 1 aliphatic heterocycles. The van der Waals surface area contributed by atoms with Crippen LogP contribution >= 0.6 is 0 Å². The quantitative estimate of drug-likeness (QED) is 0.441. The Morgan fingerprint density at radius 3 is 2.80 bits per heavy atom. The molecule has 4 N–H and O–H groups in total. The van der Waals surface area contributed by atoms with Crippen LogP contribution in [0, 0.1) is 5.92 Å². The van der Waals surface area contributed by atoms with Gasteiger partial charge in [-0.2, -0.15) is 0 Å². The monoisotopic (exact) mass is 144 g/mol. The van der Waals surface area contributed by atoms with Gasteiger partial charge in [0.2, 0.25) is 0 Å². The lowest BCUT2D eigenvalue weighted by atomic mass is 9.94. The highest BCUT2D eigenvalue weighted by atomic mass is 16.4. The Hall–Kier alpha value is -0.610. The minimum Gasteiger partial charge on any atom is -0.481 e. The third kappa shape index (κ3) is 1.46. The second-order valence-electron chi connectivity index (χ2n) is 2.60. The van der Waals surface area contributed by atoms with Gasteiger partial charge in [-0.05, 0) is 13.0 Å². The molecule has 4 nitrogen and oxygen atoms in total. The van der Waals surface area contributed by atoms with Gasteiger partial charge in [-0.25, -0.2) is 0 Å². The van der Waals surface area contributed by atoms with Crippen molar-refractivity contribution in [1.29, 1.82) is 0 Å². The maximum absolute atomic E-state index is 10.5. The number of aliphatic carboxylic acids is 1. The van der Waals surface area contributed by atoms with Crippen LogP contribution < -0.4 is 11.1 Å². The number of piperidine rings is 1. The summed E-state index contributed by atoms with van der Waals surface area (Å²) < 4.78 is 0. The second-order valence-corrected chi connectivity index (χ2v) is 2.60. The fourth-order valence-corrected chi connectivity index (χ4v) is 1.19. The number of nitrogens with two attached hydrogens (primary N) is 1. The lowest BCUT2D eigenvalue weighted by Gasteiger charge is -2.25. The first-order valence-electron chi connectivity index (χ1n) is 3.41. The highest BCUT2D eigenvalue weighted by molar-refractivity contribution is 5.71. The molecular formula is C6H12N2O2. The van der Waals surface area contributed by atoms with E-state index >= 15 is 0 Å². The molecular weight excluding hydrogens is 132 g/mol. The molecule has 0 spiro atoms. The van der Waals surface area contributed by atoms with Crippen LogP contribution in [0.3, 0.4) is 0 Å². The van der Waals surface area contributed by atoms with E-state index in [1.54, 1.807) is 0 Å². The Balaban J connectivity index is 2.47. The molecule has 1 fully saturated rings. The molecule has 1 saturated heterocycles. The Morgan fingerprint density at radius 2 is 2.40 bits per heavy atom. The Labute approximate surface area is 59.4 Å². The first-order chi connectivity index (χ1) is 4.72. The molecule has 2 atom stereocenters. The molecule has 1 aliphatic rings. The maximum Gasteiger partial charge on any atom is 0.308 e. The summed E-state index contributed by atoms with van der Waals surface area (Å²) in [6.45, 7) is 1.39. The molecule has 0 aromatic carbocycles. The van der Waals surface area contributed by atoms with E-state index in [4.69, 9.17) is 10.8 Å². The third-order valence-corrected chi connectivity index (χ3v) is 1.85. The molecule has 0 saturated carbocycles. The van der Waals surface area contributed by atoms with Gasteiger partial charge in [-0.15, -0.1) is 0 Å². The molecule has 0 amide bonds. The van der Waals surface area contributed by atoms with Crippen LogP contribution in [-0.4, -0.2) is 30.2 Å². The summed E-state index contributed by atoms with van der Waals surface area (Å²) in [5, 5.41) is 11.6. The van der Waals surface area contributed by atoms with Crippen molar-refractivity contribution < 1.29 is 9.90 Å². The van der Waals surface area contributed by atoms with Gasteiger partial charge in [0.05, 0.1) is 5.92 Å². The zero-order chi connectivity index (χ0) is 7.56. The van der Waals surface area contributed by atoms with Gasteiger partial charge in [-0.1, -0.05) is 0 Å². The van der Waals surface area contributed by atoms with E-state index in [2.05, 4.69) is 5.32 Å². The third-order valence-electron chi connectivity index (χ3n) is 1.85. The molecule has 58 valence electrons. The van der Waals surface area contributed by atoms with Gasteiger partial charge in [0.1, 0.15) is 0 Å². The summed E-state index contributed by atoms with van der Waals surface area (Å²) in [6.07, 6.45) is 0.649. The fourth-order valence-electron chi connectivity index (χ4n) is 1.19. The predicted molar refractivity (Wildman–Crippen MR) is 36.6 cm³/mol. The summed E-state index contributed by atoms with van der Waals surface area (Å²) in [5.41, 5.74) is 5.54. The molecule has 0 aromatic heterocycles. The van der Waals surface area contributed by atoms with Crippen LogP contribution in [0.25, 0.3) is 0 Å². The second kappa shape index (κ2) is 2.98. The number of rotatable bonds is 1. The van der Waals surface area contributed by atoms with E-state index in [0.717, 1.165) is 6.54 Å². The Morgan fingerprint density at radius 1 is 1.70 bits per heavy atom. The van der Waals surface area contributed by atoms with Crippen LogP contribution in [0.2, 0.25) is 0 Å². The van der Waals surface area contributed by atoms with Crippen molar-refractivity contribution >= 4 is 5.97 Å². The summed E-state index contributed by atoms with van der Waals surface area (Å²) in [4.78, 5) is 10.5. The zero-order valence-corrected chi connectivity index (χ0v) is 5.71. The lowest BCUT2D eigenvalue weighted by Crippen LogP contribution is -2.48. The van der Waals surface area contributed by atoms with Crippen molar-refractivity contribution in [2.45, 2.75) is 12.5 Å². The van der Waals surface area contributed by atoms with E-state index in [9.17, 15) is 4.79 Å². The number of carboxylic acids is 1. The van der Waals surface area contributed by atoms with Crippen molar-refractivity contribution in [2.75, 3.05) is 13.1 Å². The minimum atomic E-state index is -0.769. The van der Waals surface area contributed by atoms with Gasteiger partial charge in [-0.3, -0.25) is 4.79 Å². The molecule has 4 heteroatoms. The van der Waals surface area contributed by atoms with Gasteiger partial charge in [0.25, 0.3) is 0 Å². The number of carbonyl (C=O) groups is 1. The van der Waals surface area contributed by atoms with Crippen molar-refractivity contribution in [3.05, 3.63) is 0 Å². The zero-order valence-electron chi connectivity index (χ0n) is 5.71. The van der Waals surface area contributed by atoms with Crippen LogP contribution in [-0.2, 0) is 4.79 Å². The fraction of sp³-hybridized carbons (Fsp3) is 0.833. The summed E-state index contributed by atoms with van der Waals surface area (Å²) in [7, 11) is 0. The van der Waals surface area contributed by atoms with E-state index < -0.39 is 5.97 Å². The molecule has 1 rings (SSSR count). The molecule has 0 aliphatic carbocycles. The Kier molecular flexibility index (Phi) is 2.24. The van der Waals surface area contributed by atoms with Crippen molar-refractivity contribution in [1.82, 2.24) is 5.32 Å². The van der Waals surface area contributed by atoms with E-state index in [0.29, 0.717) is 13.0 Å². The van der Waals surface area contributed by atoms with Gasteiger partial charge in [0.15, 0.2) is 0 Å². The molecule has 0 bridgehead atoms. The van der Waals surface area contributed by atoms with E-state index in [-0.39, 0.29) is 12.0 Å². The summed E-state index contributed by atoms with van der Waals surface area (Å²) in [5.74, 6) is -1.12. The molecule has 10 heavy (non-hydrogen) atoms. The molecule has 0 radical (unpaired) electrons. The largest absolute Gasteiger partial charge is 0.481 e. The molecule has 0 unspecified atom stereocenters. The molecule has 1 heterocycles. The number of hydrogen-bond donors (Lipinski definition) is 3. The van der Waals surface area contributed by atoms with Gasteiger partial charge in [0, 0.05) is 12.6 Å². The molecule has 0 aromatic rings. The van der Waals surface area contributed by atoms with Crippen LogP contribution in [0.15, 0.2) is 0 Å². The highest BCUT2D eigenvalue weighted by Crippen LogP contribution is 2.09. The Bertz CT molecular complexity index is 138. The predicted octanol–water partition coefficient (Wildman–Crippen LogP) is -0.992. The van der Waals surface area contributed by atoms with Gasteiger partial charge < -0.3 is 16.2 Å². The standard InChI is InChI=1S/C6H12N2O2/c7-5-3-8-2-1-4(5)6(9)10/h4-5,8H,1-3,7H2,(H,9,10)/t4-,5+/m0/s1. The number of nitrogens with one attached hydrogen (secondary N) is 1. The van der Waals surface area contributed by atoms with Crippen molar-refractivity contribution in [2.24, 2.45) is 11.7 Å². The SMILES string of the molecule is N[C@@H]1CNCC[C@@H]1C(=O)O. The average molecular weight is 144 g/mol. The first kappa shape index (κ1) is 7.50. The van der Waals surface area contributed by atoms with Crippen molar-refractivity contribution in [3.63, 3.8) is 0 Å². The van der Waals surface area contributed by atoms with E-state index in [1.807, 2.05) is 0 Å². The van der Waals surface area contributed by atoms with Crippen molar-refractivity contribution in [3.8, 4) is 0 Å². The smallest absolute Gasteiger partial charge is 0.308 e. The lowest BCUT2D eigenvalue weighted by molar-refractivity contribution is -0.143. The first-order valence-corrected chi connectivity index (χ1v) is 3.41.